The molecule has 0 atom stereocenters. The number of rotatable bonds is 4. The molecule has 0 aliphatic carbocycles. The van der Waals surface area contributed by atoms with Crippen molar-refractivity contribution >= 4 is 28.3 Å². The lowest BCUT2D eigenvalue weighted by molar-refractivity contribution is 0.271. The van der Waals surface area contributed by atoms with Crippen molar-refractivity contribution in [2.75, 3.05) is 32.3 Å². The molecular weight excluding hydrogens is 392 g/mol. The van der Waals surface area contributed by atoms with Crippen LogP contribution in [0.15, 0.2) is 42.5 Å². The molecule has 0 saturated carbocycles. The van der Waals surface area contributed by atoms with E-state index in [1.807, 2.05) is 56.6 Å². The second kappa shape index (κ2) is 8.04. The molecule has 0 spiro atoms. The Hall–Kier alpha value is -1.74. The molecule has 2 aromatic rings. The Balaban J connectivity index is 2.12. The van der Waals surface area contributed by atoms with E-state index in [-0.39, 0.29) is 6.61 Å². The first kappa shape index (κ1) is 16.6. The molecule has 0 saturated heterocycles. The molecule has 0 bridgehead atoms. The first-order chi connectivity index (χ1) is 10.6. The van der Waals surface area contributed by atoms with Crippen LogP contribution in [0, 0.1) is 15.4 Å². The fourth-order valence-corrected chi connectivity index (χ4v) is 2.50. The molecule has 0 aromatic heterocycles. The molecule has 2 aromatic carbocycles. The predicted octanol–water partition coefficient (Wildman–Crippen LogP) is 4.11. The van der Waals surface area contributed by atoms with E-state index >= 15 is 0 Å². The van der Waals surface area contributed by atoms with Crippen LogP contribution in [0.4, 0.5) is 10.1 Å². The highest BCUT2D eigenvalue weighted by molar-refractivity contribution is 14.1. The summed E-state index contributed by atoms with van der Waals surface area (Å²) >= 11 is 2.17. The number of nitrogens with zero attached hydrogens (tertiary/aromatic N) is 1. The molecule has 0 aliphatic rings. The van der Waals surface area contributed by atoms with E-state index in [1.165, 1.54) is 0 Å². The smallest absolute Gasteiger partial charge is 0.132 e. The van der Waals surface area contributed by atoms with E-state index in [1.54, 1.807) is 0 Å². The highest BCUT2D eigenvalue weighted by atomic mass is 127. The lowest BCUT2D eigenvalue weighted by Gasteiger charge is -2.11. The van der Waals surface area contributed by atoms with Crippen LogP contribution in [0.1, 0.15) is 11.1 Å². The third-order valence-electron chi connectivity index (χ3n) is 3.00. The van der Waals surface area contributed by atoms with Crippen LogP contribution in [0.25, 0.3) is 0 Å². The lowest BCUT2D eigenvalue weighted by Crippen LogP contribution is -2.07. The summed E-state index contributed by atoms with van der Waals surface area (Å²) in [6, 6.07) is 13.8. The number of hydrogen-bond acceptors (Lipinski definition) is 2. The molecule has 0 aliphatic heterocycles. The van der Waals surface area contributed by atoms with Crippen LogP contribution in [-0.4, -0.2) is 27.4 Å². The zero-order valence-electron chi connectivity index (χ0n) is 12.6. The maximum atomic E-state index is 12.1. The molecule has 0 radical (unpaired) electrons. The largest absolute Gasteiger partial charge is 0.490 e. The second-order valence-electron chi connectivity index (χ2n) is 4.87. The fraction of sp³-hybridized carbons (Fsp3) is 0.222. The Bertz CT molecular complexity index is 686. The normalized spacial score (nSPS) is 9.82. The number of ether oxygens (including phenoxy) is 1. The minimum Gasteiger partial charge on any atom is -0.490 e. The zero-order chi connectivity index (χ0) is 15.9. The fourth-order valence-electron chi connectivity index (χ4n) is 1.83. The quantitative estimate of drug-likeness (QED) is 0.557. The predicted molar refractivity (Wildman–Crippen MR) is 97.4 cm³/mol. The molecule has 22 heavy (non-hydrogen) atoms. The molecule has 2 nitrogen and oxygen atoms in total. The van der Waals surface area contributed by atoms with Crippen molar-refractivity contribution in [1.82, 2.24) is 0 Å². The van der Waals surface area contributed by atoms with Gasteiger partial charge in [-0.1, -0.05) is 11.8 Å². The van der Waals surface area contributed by atoms with Gasteiger partial charge in [0.1, 0.15) is 19.0 Å². The Labute approximate surface area is 144 Å². The Morgan fingerprint density at radius 1 is 1.05 bits per heavy atom. The third kappa shape index (κ3) is 4.63. The van der Waals surface area contributed by atoms with Gasteiger partial charge in [-0.05, 0) is 65.1 Å². The first-order valence-electron chi connectivity index (χ1n) is 6.88. The van der Waals surface area contributed by atoms with Crippen molar-refractivity contribution in [2.45, 2.75) is 0 Å². The zero-order valence-corrected chi connectivity index (χ0v) is 14.7. The van der Waals surface area contributed by atoms with E-state index in [9.17, 15) is 4.39 Å². The summed E-state index contributed by atoms with van der Waals surface area (Å²) in [4.78, 5) is 2.05. The SMILES string of the molecule is CN(C)c1ccc(C#Cc2ccc(OCCF)c(I)c2)cc1. The Morgan fingerprint density at radius 2 is 1.68 bits per heavy atom. The summed E-state index contributed by atoms with van der Waals surface area (Å²) < 4.78 is 18.4. The molecule has 0 amide bonds. The van der Waals surface area contributed by atoms with Crippen molar-refractivity contribution < 1.29 is 9.13 Å². The van der Waals surface area contributed by atoms with Gasteiger partial charge in [-0.2, -0.15) is 0 Å². The van der Waals surface area contributed by atoms with Gasteiger partial charge >= 0.3 is 0 Å². The van der Waals surface area contributed by atoms with Gasteiger partial charge in [0.2, 0.25) is 0 Å². The maximum Gasteiger partial charge on any atom is 0.132 e. The van der Waals surface area contributed by atoms with Crippen LogP contribution in [-0.2, 0) is 0 Å². The van der Waals surface area contributed by atoms with Crippen molar-refractivity contribution in [3.05, 3.63) is 57.2 Å². The minimum absolute atomic E-state index is 0.0826. The van der Waals surface area contributed by atoms with E-state index in [0.29, 0.717) is 5.75 Å². The van der Waals surface area contributed by atoms with Crippen molar-refractivity contribution in [2.24, 2.45) is 0 Å². The minimum atomic E-state index is -0.486. The van der Waals surface area contributed by atoms with Crippen LogP contribution in [0.5, 0.6) is 5.75 Å². The molecule has 0 heterocycles. The highest BCUT2D eigenvalue weighted by Gasteiger charge is 2.01. The van der Waals surface area contributed by atoms with Crippen molar-refractivity contribution in [3.63, 3.8) is 0 Å². The molecule has 4 heteroatoms. The summed E-state index contributed by atoms with van der Waals surface area (Å²) in [7, 11) is 4.02. The first-order valence-corrected chi connectivity index (χ1v) is 7.96. The number of alkyl halides is 1. The Kier molecular flexibility index (Phi) is 6.08. The van der Waals surface area contributed by atoms with E-state index < -0.39 is 6.67 Å². The molecular formula is C18H17FINO. The monoisotopic (exact) mass is 409 g/mol. The van der Waals surface area contributed by atoms with Gasteiger partial charge in [0.15, 0.2) is 0 Å². The molecule has 0 unspecified atom stereocenters. The molecule has 114 valence electrons. The standard InChI is InChI=1S/C18H17FINO/c1-21(2)16-8-5-14(6-9-16)3-4-15-7-10-18(17(20)13-15)22-12-11-19/h5-10,13H,11-12H2,1-2H3. The highest BCUT2D eigenvalue weighted by Crippen LogP contribution is 2.22. The van der Waals surface area contributed by atoms with Gasteiger partial charge in [0.25, 0.3) is 0 Å². The summed E-state index contributed by atoms with van der Waals surface area (Å²) in [6.07, 6.45) is 0. The van der Waals surface area contributed by atoms with Gasteiger partial charge in [-0.3, -0.25) is 0 Å². The summed E-state index contributed by atoms with van der Waals surface area (Å²) in [5.74, 6) is 6.97. The maximum absolute atomic E-state index is 12.1. The summed E-state index contributed by atoms with van der Waals surface area (Å²) in [5.41, 5.74) is 3.03. The number of benzene rings is 2. The van der Waals surface area contributed by atoms with Gasteiger partial charge < -0.3 is 9.64 Å². The van der Waals surface area contributed by atoms with Crippen molar-refractivity contribution in [3.8, 4) is 17.6 Å². The second-order valence-corrected chi connectivity index (χ2v) is 6.04. The van der Waals surface area contributed by atoms with Crippen LogP contribution >= 0.6 is 22.6 Å². The topological polar surface area (TPSA) is 12.5 Å². The van der Waals surface area contributed by atoms with Crippen LogP contribution in [0.2, 0.25) is 0 Å². The van der Waals surface area contributed by atoms with E-state index in [0.717, 1.165) is 20.4 Å². The summed E-state index contributed by atoms with van der Waals surface area (Å²) in [6.45, 7) is -0.403. The van der Waals surface area contributed by atoms with Gasteiger partial charge in [-0.25, -0.2) is 4.39 Å². The average molecular weight is 409 g/mol. The number of anilines is 1. The van der Waals surface area contributed by atoms with Gasteiger partial charge in [0, 0.05) is 30.9 Å². The molecule has 2 rings (SSSR count). The number of halogens is 2. The number of hydrogen-bond donors (Lipinski definition) is 0. The van der Waals surface area contributed by atoms with Gasteiger partial charge in [0.05, 0.1) is 3.57 Å². The van der Waals surface area contributed by atoms with Crippen molar-refractivity contribution in [1.29, 1.82) is 0 Å². The summed E-state index contributed by atoms with van der Waals surface area (Å²) in [5, 5.41) is 0. The Morgan fingerprint density at radius 3 is 2.27 bits per heavy atom. The van der Waals surface area contributed by atoms with Gasteiger partial charge in [-0.15, -0.1) is 0 Å². The van der Waals surface area contributed by atoms with E-state index in [2.05, 4.69) is 39.3 Å². The van der Waals surface area contributed by atoms with E-state index in [4.69, 9.17) is 4.74 Å². The molecule has 0 N–H and O–H groups in total. The molecule has 0 fully saturated rings. The third-order valence-corrected chi connectivity index (χ3v) is 3.84. The van der Waals surface area contributed by atoms with Crippen LogP contribution < -0.4 is 9.64 Å². The van der Waals surface area contributed by atoms with Crippen LogP contribution in [0.3, 0.4) is 0 Å². The average Bonchev–Trinajstić information content (AvgIpc) is 2.52. The lowest BCUT2D eigenvalue weighted by atomic mass is 10.1.